The number of aromatic hydroxyl groups is 1. The zero-order chi connectivity index (χ0) is 20.7. The van der Waals surface area contributed by atoms with Crippen LogP contribution in [-0.2, 0) is 0 Å². The van der Waals surface area contributed by atoms with E-state index in [0.717, 1.165) is 45.0 Å². The maximum absolute atomic E-state index is 10.2. The van der Waals surface area contributed by atoms with Crippen molar-refractivity contribution in [3.8, 4) is 17.0 Å². The monoisotopic (exact) mass is 409 g/mol. The Kier molecular flexibility index (Phi) is 5.22. The van der Waals surface area contributed by atoms with Gasteiger partial charge in [-0.15, -0.1) is 10.2 Å². The minimum absolute atomic E-state index is 0.206. The molecule has 3 atom stereocenters. The lowest BCUT2D eigenvalue weighted by Crippen LogP contribution is -2.60. The van der Waals surface area contributed by atoms with Crippen LogP contribution in [0.2, 0.25) is 0 Å². The molecule has 3 aliphatic rings. The van der Waals surface area contributed by atoms with Gasteiger partial charge in [-0.2, -0.15) is 0 Å². The highest BCUT2D eigenvalue weighted by Crippen LogP contribution is 2.36. The molecule has 0 amide bonds. The standard InChI is InChI=1S/C22H31N7O/c1-27-9-8-24-11-17(27)14-29-15-6-7-16(29)13-28(12-15)20-10-19(25-26-22(20)23)18-4-2-3-5-21(18)30/h2-5,10,15-17,24,30H,6-9,11-14H2,1H3,(H2,23,26)/t15?,16?,17-/m1/s1. The van der Waals surface area contributed by atoms with Gasteiger partial charge in [0.1, 0.15) is 5.75 Å². The Morgan fingerprint density at radius 2 is 1.93 bits per heavy atom. The number of anilines is 2. The SMILES string of the molecule is CN1CCNC[C@@H]1CN1C2CCC1CN(c1cc(-c3ccccc3O)nnc1N)C2. The molecule has 4 heterocycles. The van der Waals surface area contributed by atoms with Crippen LogP contribution in [0.3, 0.4) is 0 Å². The zero-order valence-corrected chi connectivity index (χ0v) is 17.5. The molecule has 3 fully saturated rings. The number of likely N-dealkylation sites (N-methyl/N-ethyl adjacent to an activating group) is 1. The summed E-state index contributed by atoms with van der Waals surface area (Å²) in [6.07, 6.45) is 2.46. The predicted octanol–water partition coefficient (Wildman–Crippen LogP) is 0.988. The van der Waals surface area contributed by atoms with E-state index in [4.69, 9.17) is 5.73 Å². The third-order valence-electron chi connectivity index (χ3n) is 7.02. The van der Waals surface area contributed by atoms with Crippen molar-refractivity contribution >= 4 is 11.5 Å². The van der Waals surface area contributed by atoms with Crippen molar-refractivity contribution < 1.29 is 5.11 Å². The van der Waals surface area contributed by atoms with E-state index in [-0.39, 0.29) is 5.75 Å². The molecule has 2 unspecified atom stereocenters. The number of piperazine rings is 2. The Bertz CT molecular complexity index is 893. The van der Waals surface area contributed by atoms with E-state index < -0.39 is 0 Å². The van der Waals surface area contributed by atoms with Gasteiger partial charge < -0.3 is 21.1 Å². The van der Waals surface area contributed by atoms with Crippen molar-refractivity contribution in [3.63, 3.8) is 0 Å². The second kappa shape index (κ2) is 8.02. The van der Waals surface area contributed by atoms with Crippen molar-refractivity contribution in [1.29, 1.82) is 0 Å². The Hall–Kier alpha value is -2.42. The number of para-hydroxylation sites is 1. The molecule has 2 aromatic rings. The van der Waals surface area contributed by atoms with E-state index in [1.807, 2.05) is 18.2 Å². The number of hydrogen-bond acceptors (Lipinski definition) is 8. The first kappa shape index (κ1) is 19.5. The summed E-state index contributed by atoms with van der Waals surface area (Å²) in [5.74, 6) is 0.663. The summed E-state index contributed by atoms with van der Waals surface area (Å²) >= 11 is 0. The average molecular weight is 410 g/mol. The van der Waals surface area contributed by atoms with Crippen molar-refractivity contribution in [2.45, 2.75) is 31.0 Å². The Balaban J connectivity index is 1.35. The highest BCUT2D eigenvalue weighted by atomic mass is 16.3. The molecule has 1 aromatic heterocycles. The number of rotatable bonds is 4. The number of benzene rings is 1. The molecule has 0 spiro atoms. The fraction of sp³-hybridized carbons (Fsp3) is 0.545. The normalized spacial score (nSPS) is 27.5. The molecule has 1 aromatic carbocycles. The quantitative estimate of drug-likeness (QED) is 0.688. The van der Waals surface area contributed by atoms with Crippen LogP contribution in [0.4, 0.5) is 11.5 Å². The molecule has 2 bridgehead atoms. The van der Waals surface area contributed by atoms with Crippen molar-refractivity contribution in [2.75, 3.05) is 56.9 Å². The zero-order valence-electron chi connectivity index (χ0n) is 17.5. The van der Waals surface area contributed by atoms with Gasteiger partial charge in [0.25, 0.3) is 0 Å². The van der Waals surface area contributed by atoms with E-state index in [2.05, 4.69) is 37.3 Å². The number of nitrogen functional groups attached to an aromatic ring is 1. The molecule has 8 heteroatoms. The van der Waals surface area contributed by atoms with Crippen molar-refractivity contribution in [2.24, 2.45) is 0 Å². The number of fused-ring (bicyclic) bond motifs is 2. The summed E-state index contributed by atoms with van der Waals surface area (Å²) in [7, 11) is 2.24. The molecule has 3 aliphatic heterocycles. The van der Waals surface area contributed by atoms with Gasteiger partial charge in [-0.1, -0.05) is 12.1 Å². The summed E-state index contributed by atoms with van der Waals surface area (Å²) < 4.78 is 0. The van der Waals surface area contributed by atoms with Crippen LogP contribution in [0.25, 0.3) is 11.3 Å². The third-order valence-corrected chi connectivity index (χ3v) is 7.02. The maximum atomic E-state index is 10.2. The summed E-state index contributed by atoms with van der Waals surface area (Å²) in [6.45, 7) is 6.31. The molecule has 3 saturated heterocycles. The number of nitrogens with two attached hydrogens (primary N) is 1. The Labute approximate surface area is 177 Å². The van der Waals surface area contributed by atoms with Gasteiger partial charge in [-0.05, 0) is 38.1 Å². The fourth-order valence-corrected chi connectivity index (χ4v) is 5.26. The van der Waals surface area contributed by atoms with Crippen molar-refractivity contribution in [3.05, 3.63) is 30.3 Å². The molecular weight excluding hydrogens is 378 g/mol. The van der Waals surface area contributed by atoms with E-state index in [9.17, 15) is 5.11 Å². The predicted molar refractivity (Wildman–Crippen MR) is 119 cm³/mol. The molecule has 160 valence electrons. The lowest BCUT2D eigenvalue weighted by atomic mass is 10.1. The molecular formula is C22H31N7O. The van der Waals surface area contributed by atoms with Crippen LogP contribution in [0.15, 0.2) is 30.3 Å². The summed E-state index contributed by atoms with van der Waals surface area (Å²) in [5, 5.41) is 22.2. The molecule has 0 radical (unpaired) electrons. The van der Waals surface area contributed by atoms with Crippen LogP contribution in [0.5, 0.6) is 5.75 Å². The maximum Gasteiger partial charge on any atom is 0.169 e. The van der Waals surface area contributed by atoms with Gasteiger partial charge in [0, 0.05) is 63.0 Å². The minimum atomic E-state index is 0.206. The van der Waals surface area contributed by atoms with Crippen molar-refractivity contribution in [1.82, 2.24) is 25.3 Å². The highest BCUT2D eigenvalue weighted by Gasteiger charge is 2.41. The summed E-state index contributed by atoms with van der Waals surface area (Å²) in [6, 6.07) is 10.9. The number of nitrogens with one attached hydrogen (secondary N) is 1. The van der Waals surface area contributed by atoms with E-state index >= 15 is 0 Å². The van der Waals surface area contributed by atoms with Gasteiger partial charge >= 0.3 is 0 Å². The average Bonchev–Trinajstić information content (AvgIpc) is 2.97. The number of aromatic nitrogens is 2. The van der Waals surface area contributed by atoms with E-state index in [1.54, 1.807) is 12.1 Å². The van der Waals surface area contributed by atoms with Crippen LogP contribution in [0, 0.1) is 0 Å². The Morgan fingerprint density at radius 3 is 2.67 bits per heavy atom. The summed E-state index contributed by atoms with van der Waals surface area (Å²) in [4.78, 5) is 7.58. The van der Waals surface area contributed by atoms with Crippen LogP contribution in [0.1, 0.15) is 12.8 Å². The van der Waals surface area contributed by atoms with Crippen LogP contribution >= 0.6 is 0 Å². The van der Waals surface area contributed by atoms with Crippen LogP contribution in [-0.4, -0.2) is 89.5 Å². The largest absolute Gasteiger partial charge is 0.507 e. The molecule has 4 N–H and O–H groups in total. The molecule has 0 saturated carbocycles. The molecule has 30 heavy (non-hydrogen) atoms. The third kappa shape index (κ3) is 3.59. The fourth-order valence-electron chi connectivity index (χ4n) is 5.26. The van der Waals surface area contributed by atoms with Gasteiger partial charge in [-0.3, -0.25) is 9.80 Å². The smallest absolute Gasteiger partial charge is 0.169 e. The lowest BCUT2D eigenvalue weighted by Gasteiger charge is -2.45. The number of phenolic OH excluding ortho intramolecular Hbond substituents is 1. The number of phenols is 1. The van der Waals surface area contributed by atoms with E-state index in [0.29, 0.717) is 35.2 Å². The summed E-state index contributed by atoms with van der Waals surface area (Å²) in [5.41, 5.74) is 8.51. The molecule has 5 rings (SSSR count). The Morgan fingerprint density at radius 1 is 1.17 bits per heavy atom. The first-order valence-electron chi connectivity index (χ1n) is 10.9. The van der Waals surface area contributed by atoms with Crippen LogP contribution < -0.4 is 16.0 Å². The highest BCUT2D eigenvalue weighted by molar-refractivity contribution is 5.74. The lowest BCUT2D eigenvalue weighted by molar-refractivity contribution is 0.0970. The topological polar surface area (TPSA) is 93.8 Å². The number of hydrogen-bond donors (Lipinski definition) is 3. The molecule has 8 nitrogen and oxygen atoms in total. The minimum Gasteiger partial charge on any atom is -0.507 e. The van der Waals surface area contributed by atoms with Gasteiger partial charge in [-0.25, -0.2) is 0 Å². The first-order chi connectivity index (χ1) is 14.6. The van der Waals surface area contributed by atoms with E-state index in [1.165, 1.54) is 12.8 Å². The second-order valence-corrected chi connectivity index (χ2v) is 8.84. The first-order valence-corrected chi connectivity index (χ1v) is 10.9. The second-order valence-electron chi connectivity index (χ2n) is 8.84. The van der Waals surface area contributed by atoms with Gasteiger partial charge in [0.15, 0.2) is 5.82 Å². The number of nitrogens with zero attached hydrogens (tertiary/aromatic N) is 5. The van der Waals surface area contributed by atoms with Gasteiger partial charge in [0.2, 0.25) is 0 Å². The van der Waals surface area contributed by atoms with Gasteiger partial charge in [0.05, 0.1) is 11.4 Å². The molecule has 0 aliphatic carbocycles.